The first-order valence-electron chi connectivity index (χ1n) is 5.63. The Bertz CT molecular complexity index is 584. The van der Waals surface area contributed by atoms with Gasteiger partial charge >= 0.3 is 0 Å². The van der Waals surface area contributed by atoms with Gasteiger partial charge in [0.25, 0.3) is 0 Å². The second-order valence-electron chi connectivity index (χ2n) is 4.03. The minimum atomic E-state index is 0.595. The minimum Gasteiger partial charge on any atom is -0.308 e. The number of hydrogen-bond acceptors (Lipinski definition) is 3. The highest BCUT2D eigenvalue weighted by atomic mass is 35.5. The van der Waals surface area contributed by atoms with E-state index in [1.807, 2.05) is 6.07 Å². The van der Waals surface area contributed by atoms with Gasteiger partial charge in [-0.2, -0.15) is 5.26 Å². The average Bonchev–Trinajstić information content (AvgIpc) is 2.77. The summed E-state index contributed by atoms with van der Waals surface area (Å²) in [6.07, 6.45) is 0. The van der Waals surface area contributed by atoms with Crippen LogP contribution in [0.5, 0.6) is 0 Å². The number of benzene rings is 1. The summed E-state index contributed by atoms with van der Waals surface area (Å²) in [5.41, 5.74) is 1.61. The Labute approximate surface area is 116 Å². The topological polar surface area (TPSA) is 35.8 Å². The summed E-state index contributed by atoms with van der Waals surface area (Å²) >= 11 is 7.90. The van der Waals surface area contributed by atoms with Gasteiger partial charge in [0.15, 0.2) is 0 Å². The van der Waals surface area contributed by atoms with Crippen LogP contribution in [0.4, 0.5) is 0 Å². The molecule has 0 atom stereocenters. The third kappa shape index (κ3) is 3.33. The third-order valence-electron chi connectivity index (χ3n) is 2.59. The molecule has 0 aliphatic carbocycles. The molecule has 0 amide bonds. The van der Waals surface area contributed by atoms with E-state index in [4.69, 9.17) is 16.9 Å². The Morgan fingerprint density at radius 1 is 1.28 bits per heavy atom. The van der Waals surface area contributed by atoms with Crippen LogP contribution in [0, 0.1) is 18.3 Å². The summed E-state index contributed by atoms with van der Waals surface area (Å²) < 4.78 is 0. The summed E-state index contributed by atoms with van der Waals surface area (Å²) in [6.45, 7) is 3.65. The molecule has 0 aliphatic rings. The number of nitrogens with one attached hydrogen (secondary N) is 1. The molecule has 92 valence electrons. The van der Waals surface area contributed by atoms with Crippen molar-refractivity contribution in [2.24, 2.45) is 0 Å². The summed E-state index contributed by atoms with van der Waals surface area (Å²) in [5, 5.41) is 12.8. The first-order valence-corrected chi connectivity index (χ1v) is 6.83. The standard InChI is InChI=1S/C14H13ClN2S/c1-10-2-5-13(18-10)9-17-8-12-4-3-11(7-16)6-14(12)15/h2-6,17H,8-9H2,1H3. The largest absolute Gasteiger partial charge is 0.308 e. The van der Waals surface area contributed by atoms with E-state index >= 15 is 0 Å². The molecule has 0 spiro atoms. The fourth-order valence-electron chi connectivity index (χ4n) is 1.66. The summed E-state index contributed by atoms with van der Waals surface area (Å²) in [6, 6.07) is 11.7. The lowest BCUT2D eigenvalue weighted by molar-refractivity contribution is 0.701. The molecular formula is C14H13ClN2S. The van der Waals surface area contributed by atoms with Crippen LogP contribution in [-0.2, 0) is 13.1 Å². The molecule has 0 saturated heterocycles. The second-order valence-corrected chi connectivity index (χ2v) is 5.81. The van der Waals surface area contributed by atoms with E-state index in [9.17, 15) is 0 Å². The normalized spacial score (nSPS) is 10.3. The predicted octanol–water partition coefficient (Wildman–Crippen LogP) is 3.87. The Morgan fingerprint density at radius 2 is 2.11 bits per heavy atom. The fourth-order valence-corrected chi connectivity index (χ4v) is 2.77. The van der Waals surface area contributed by atoms with Crippen LogP contribution in [0.1, 0.15) is 20.9 Å². The Balaban J connectivity index is 1.92. The van der Waals surface area contributed by atoms with E-state index in [2.05, 4.69) is 30.4 Å². The first-order chi connectivity index (χ1) is 8.69. The number of halogens is 1. The Kier molecular flexibility index (Phi) is 4.38. The van der Waals surface area contributed by atoms with Crippen molar-refractivity contribution in [2.45, 2.75) is 20.0 Å². The lowest BCUT2D eigenvalue weighted by Gasteiger charge is -2.06. The van der Waals surface area contributed by atoms with Gasteiger partial charge in [-0.1, -0.05) is 17.7 Å². The zero-order valence-corrected chi connectivity index (χ0v) is 11.6. The second kappa shape index (κ2) is 6.01. The molecule has 1 N–H and O–H groups in total. The van der Waals surface area contributed by atoms with Crippen molar-refractivity contribution in [3.05, 3.63) is 56.2 Å². The van der Waals surface area contributed by atoms with Gasteiger partial charge in [-0.3, -0.25) is 0 Å². The van der Waals surface area contributed by atoms with E-state index in [1.165, 1.54) is 9.75 Å². The van der Waals surface area contributed by atoms with Gasteiger partial charge in [0.2, 0.25) is 0 Å². The van der Waals surface area contributed by atoms with Crippen LogP contribution in [0.25, 0.3) is 0 Å². The smallest absolute Gasteiger partial charge is 0.0992 e. The van der Waals surface area contributed by atoms with E-state index in [0.29, 0.717) is 17.1 Å². The molecular weight excluding hydrogens is 264 g/mol. The van der Waals surface area contributed by atoms with Crippen LogP contribution >= 0.6 is 22.9 Å². The third-order valence-corrected chi connectivity index (χ3v) is 3.95. The number of thiophene rings is 1. The molecule has 18 heavy (non-hydrogen) atoms. The van der Waals surface area contributed by atoms with Crippen molar-refractivity contribution < 1.29 is 0 Å². The fraction of sp³-hybridized carbons (Fsp3) is 0.214. The summed E-state index contributed by atoms with van der Waals surface area (Å²) in [4.78, 5) is 2.64. The van der Waals surface area contributed by atoms with Crippen molar-refractivity contribution in [2.75, 3.05) is 0 Å². The molecule has 0 saturated carbocycles. The van der Waals surface area contributed by atoms with Gasteiger partial charge in [0.1, 0.15) is 0 Å². The van der Waals surface area contributed by atoms with Gasteiger partial charge in [-0.05, 0) is 36.8 Å². The van der Waals surface area contributed by atoms with Crippen LogP contribution in [0.15, 0.2) is 30.3 Å². The molecule has 0 fully saturated rings. The SMILES string of the molecule is Cc1ccc(CNCc2ccc(C#N)cc2Cl)s1. The van der Waals surface area contributed by atoms with Gasteiger partial charge in [-0.15, -0.1) is 11.3 Å². The maximum atomic E-state index is 8.76. The monoisotopic (exact) mass is 276 g/mol. The highest BCUT2D eigenvalue weighted by Gasteiger charge is 2.02. The van der Waals surface area contributed by atoms with Crippen molar-refractivity contribution in [1.29, 1.82) is 5.26 Å². The molecule has 0 aliphatic heterocycles. The maximum absolute atomic E-state index is 8.76. The van der Waals surface area contributed by atoms with Gasteiger partial charge < -0.3 is 5.32 Å². The lowest BCUT2D eigenvalue weighted by atomic mass is 10.1. The van der Waals surface area contributed by atoms with Crippen LogP contribution in [-0.4, -0.2) is 0 Å². The molecule has 0 unspecified atom stereocenters. The first kappa shape index (κ1) is 13.1. The Hall–Kier alpha value is -1.34. The zero-order valence-electron chi connectivity index (χ0n) is 10.0. The maximum Gasteiger partial charge on any atom is 0.0992 e. The number of nitrogens with zero attached hydrogens (tertiary/aromatic N) is 1. The highest BCUT2D eigenvalue weighted by Crippen LogP contribution is 2.18. The zero-order chi connectivity index (χ0) is 13.0. The van der Waals surface area contributed by atoms with Gasteiger partial charge in [0, 0.05) is 27.9 Å². The van der Waals surface area contributed by atoms with E-state index in [-0.39, 0.29) is 0 Å². The molecule has 1 aromatic carbocycles. The van der Waals surface area contributed by atoms with E-state index in [0.717, 1.165) is 12.1 Å². The van der Waals surface area contributed by atoms with Gasteiger partial charge in [-0.25, -0.2) is 0 Å². The van der Waals surface area contributed by atoms with E-state index < -0.39 is 0 Å². The molecule has 2 nitrogen and oxygen atoms in total. The minimum absolute atomic E-state index is 0.595. The number of nitriles is 1. The van der Waals surface area contributed by atoms with Crippen molar-refractivity contribution in [3.63, 3.8) is 0 Å². The average molecular weight is 277 g/mol. The van der Waals surface area contributed by atoms with Crippen LogP contribution < -0.4 is 5.32 Å². The van der Waals surface area contributed by atoms with Crippen LogP contribution in [0.2, 0.25) is 5.02 Å². The lowest BCUT2D eigenvalue weighted by Crippen LogP contribution is -2.12. The van der Waals surface area contributed by atoms with Crippen LogP contribution in [0.3, 0.4) is 0 Å². The number of aryl methyl sites for hydroxylation is 1. The Morgan fingerprint density at radius 3 is 2.72 bits per heavy atom. The molecule has 1 aromatic heterocycles. The molecule has 2 aromatic rings. The highest BCUT2D eigenvalue weighted by molar-refractivity contribution is 7.11. The van der Waals surface area contributed by atoms with Crippen molar-refractivity contribution >= 4 is 22.9 Å². The quantitative estimate of drug-likeness (QED) is 0.920. The molecule has 4 heteroatoms. The number of rotatable bonds is 4. The van der Waals surface area contributed by atoms with Crippen molar-refractivity contribution in [1.82, 2.24) is 5.32 Å². The van der Waals surface area contributed by atoms with Crippen molar-refractivity contribution in [3.8, 4) is 6.07 Å². The predicted molar refractivity (Wildman–Crippen MR) is 75.8 cm³/mol. The number of hydrogen-bond donors (Lipinski definition) is 1. The van der Waals surface area contributed by atoms with E-state index in [1.54, 1.807) is 23.5 Å². The summed E-state index contributed by atoms with van der Waals surface area (Å²) in [7, 11) is 0. The summed E-state index contributed by atoms with van der Waals surface area (Å²) in [5.74, 6) is 0. The van der Waals surface area contributed by atoms with Gasteiger partial charge in [0.05, 0.1) is 11.6 Å². The molecule has 1 heterocycles. The molecule has 2 rings (SSSR count). The molecule has 0 bridgehead atoms. The molecule has 0 radical (unpaired) electrons.